The van der Waals surface area contributed by atoms with E-state index in [1.165, 1.54) is 12.3 Å². The van der Waals surface area contributed by atoms with E-state index in [0.29, 0.717) is 15.6 Å². The fourth-order valence-electron chi connectivity index (χ4n) is 2.63. The van der Waals surface area contributed by atoms with E-state index < -0.39 is 17.8 Å². The summed E-state index contributed by atoms with van der Waals surface area (Å²) in [6.45, 7) is 1.87. The maximum Gasteiger partial charge on any atom is 0.343 e. The Morgan fingerprint density at radius 1 is 1.00 bits per heavy atom. The van der Waals surface area contributed by atoms with Gasteiger partial charge in [-0.3, -0.25) is 9.59 Å². The molecule has 0 aliphatic heterocycles. The molecule has 0 unspecified atom stereocenters. The summed E-state index contributed by atoms with van der Waals surface area (Å²) in [4.78, 5) is 36.6. The molecule has 0 atom stereocenters. The van der Waals surface area contributed by atoms with Crippen LogP contribution in [0.3, 0.4) is 0 Å². The molecule has 0 spiro atoms. The number of hydrazone groups is 1. The first kappa shape index (κ1) is 24.4. The summed E-state index contributed by atoms with van der Waals surface area (Å²) in [6.07, 6.45) is 1.25. The number of carbonyl (C=O) groups excluding carboxylic acids is 3. The van der Waals surface area contributed by atoms with Crippen LogP contribution in [0.5, 0.6) is 5.75 Å². The third-order valence-electron chi connectivity index (χ3n) is 4.20. The number of rotatable bonds is 5. The van der Waals surface area contributed by atoms with Crippen molar-refractivity contribution in [2.75, 3.05) is 5.32 Å². The van der Waals surface area contributed by atoms with Gasteiger partial charge in [0.25, 0.3) is 0 Å². The molecular weight excluding hydrogens is 533 g/mol. The maximum atomic E-state index is 12.5. The minimum Gasteiger partial charge on any atom is -0.422 e. The highest BCUT2D eigenvalue weighted by Gasteiger charge is 2.16. The highest BCUT2D eigenvalue weighted by Crippen LogP contribution is 2.29. The topological polar surface area (TPSA) is 96.9 Å². The molecule has 0 radical (unpaired) electrons. The SMILES string of the molecule is Cc1cccc(C(=O)Oc2ccc(Br)cc2/C=N\NC(=O)C(=O)Nc2cccc(Cl)c2Cl)c1. The van der Waals surface area contributed by atoms with Gasteiger partial charge in [-0.15, -0.1) is 0 Å². The average Bonchev–Trinajstić information content (AvgIpc) is 2.78. The number of hydrogen-bond donors (Lipinski definition) is 2. The van der Waals surface area contributed by atoms with E-state index in [1.807, 2.05) is 13.0 Å². The number of anilines is 1. The molecule has 3 rings (SSSR count). The third-order valence-corrected chi connectivity index (χ3v) is 5.52. The second kappa shape index (κ2) is 11.1. The lowest BCUT2D eigenvalue weighted by atomic mass is 10.1. The maximum absolute atomic E-state index is 12.5. The molecule has 0 saturated heterocycles. The van der Waals surface area contributed by atoms with Gasteiger partial charge in [-0.2, -0.15) is 5.10 Å². The molecule has 3 aromatic rings. The molecular formula is C23H16BrCl2N3O4. The predicted molar refractivity (Wildman–Crippen MR) is 131 cm³/mol. The van der Waals surface area contributed by atoms with Crippen LogP contribution in [0.2, 0.25) is 10.0 Å². The zero-order valence-corrected chi connectivity index (χ0v) is 20.2. The smallest absolute Gasteiger partial charge is 0.343 e. The number of nitrogens with zero attached hydrogens (tertiary/aromatic N) is 1. The fraction of sp³-hybridized carbons (Fsp3) is 0.0435. The number of carbonyl (C=O) groups is 3. The highest BCUT2D eigenvalue weighted by molar-refractivity contribution is 9.10. The van der Waals surface area contributed by atoms with Crippen molar-refractivity contribution in [1.29, 1.82) is 0 Å². The zero-order chi connectivity index (χ0) is 24.0. The number of aryl methyl sites for hydroxylation is 1. The molecule has 2 N–H and O–H groups in total. The van der Waals surface area contributed by atoms with Gasteiger partial charge < -0.3 is 10.1 Å². The molecule has 33 heavy (non-hydrogen) atoms. The Balaban J connectivity index is 1.68. The van der Waals surface area contributed by atoms with E-state index in [2.05, 4.69) is 31.8 Å². The third kappa shape index (κ3) is 6.64. The summed E-state index contributed by atoms with van der Waals surface area (Å²) in [5.74, 6) is -2.34. The lowest BCUT2D eigenvalue weighted by molar-refractivity contribution is -0.136. The summed E-state index contributed by atoms with van der Waals surface area (Å²) in [5, 5.41) is 6.48. The van der Waals surface area contributed by atoms with Gasteiger partial charge in [0, 0.05) is 10.0 Å². The minimum absolute atomic E-state index is 0.109. The highest BCUT2D eigenvalue weighted by atomic mass is 79.9. The van der Waals surface area contributed by atoms with Gasteiger partial charge >= 0.3 is 17.8 Å². The van der Waals surface area contributed by atoms with Crippen molar-refractivity contribution in [2.24, 2.45) is 5.10 Å². The Hall–Kier alpha value is -3.20. The summed E-state index contributed by atoms with van der Waals surface area (Å²) in [6, 6.07) is 16.5. The van der Waals surface area contributed by atoms with Gasteiger partial charge in [0.2, 0.25) is 0 Å². The summed E-state index contributed by atoms with van der Waals surface area (Å²) >= 11 is 15.2. The number of nitrogens with one attached hydrogen (secondary N) is 2. The van der Waals surface area contributed by atoms with Crippen LogP contribution < -0.4 is 15.5 Å². The molecule has 0 heterocycles. The van der Waals surface area contributed by atoms with Gasteiger partial charge in [0.05, 0.1) is 27.5 Å². The van der Waals surface area contributed by atoms with Crippen LogP contribution in [0.25, 0.3) is 0 Å². The Morgan fingerprint density at radius 3 is 2.52 bits per heavy atom. The van der Waals surface area contributed by atoms with Gasteiger partial charge in [-0.1, -0.05) is 62.9 Å². The van der Waals surface area contributed by atoms with Crippen LogP contribution in [-0.2, 0) is 9.59 Å². The Bertz CT molecular complexity index is 1260. The molecule has 3 aromatic carbocycles. The summed E-state index contributed by atoms with van der Waals surface area (Å²) < 4.78 is 6.17. The van der Waals surface area contributed by atoms with Crippen molar-refractivity contribution in [3.05, 3.63) is 91.9 Å². The predicted octanol–water partition coefficient (Wildman–Crippen LogP) is 5.37. The van der Waals surface area contributed by atoms with Crippen LogP contribution >= 0.6 is 39.1 Å². The van der Waals surface area contributed by atoms with Crippen LogP contribution in [-0.4, -0.2) is 24.0 Å². The molecule has 168 valence electrons. The van der Waals surface area contributed by atoms with Crippen molar-refractivity contribution in [3.63, 3.8) is 0 Å². The molecule has 2 amide bonds. The summed E-state index contributed by atoms with van der Waals surface area (Å²) in [7, 11) is 0. The van der Waals surface area contributed by atoms with Crippen molar-refractivity contribution in [2.45, 2.75) is 6.92 Å². The van der Waals surface area contributed by atoms with Crippen LogP contribution in [0.4, 0.5) is 5.69 Å². The standard InChI is InChI=1S/C23H16BrCl2N3O4/c1-13-4-2-5-14(10-13)23(32)33-19-9-8-16(24)11-15(19)12-27-29-22(31)21(30)28-18-7-3-6-17(25)20(18)26/h2-12H,1H3,(H,28,30)(H,29,31)/b27-12-. The quantitative estimate of drug-likeness (QED) is 0.147. The second-order valence-corrected chi connectivity index (χ2v) is 8.40. The number of halogens is 3. The van der Waals surface area contributed by atoms with Crippen molar-refractivity contribution >= 4 is 68.8 Å². The first-order valence-corrected chi connectivity index (χ1v) is 11.0. The van der Waals surface area contributed by atoms with E-state index in [4.69, 9.17) is 27.9 Å². The fourth-order valence-corrected chi connectivity index (χ4v) is 3.36. The minimum atomic E-state index is -1.03. The van der Waals surface area contributed by atoms with E-state index in [9.17, 15) is 14.4 Å². The Kier molecular flexibility index (Phi) is 8.21. The van der Waals surface area contributed by atoms with Gasteiger partial charge in [-0.05, 0) is 49.4 Å². The number of amides is 2. The molecule has 0 aliphatic rings. The molecule has 0 aliphatic carbocycles. The zero-order valence-electron chi connectivity index (χ0n) is 17.1. The monoisotopic (exact) mass is 547 g/mol. The van der Waals surface area contributed by atoms with Crippen molar-refractivity contribution in [1.82, 2.24) is 5.43 Å². The number of hydrogen-bond acceptors (Lipinski definition) is 5. The normalized spacial score (nSPS) is 10.7. The molecule has 10 heteroatoms. The van der Waals surface area contributed by atoms with E-state index in [-0.39, 0.29) is 21.5 Å². The average molecular weight is 549 g/mol. The molecule has 0 aromatic heterocycles. The van der Waals surface area contributed by atoms with E-state index in [0.717, 1.165) is 5.56 Å². The largest absolute Gasteiger partial charge is 0.422 e. The summed E-state index contributed by atoms with van der Waals surface area (Å²) in [5.41, 5.74) is 4.00. The molecule has 7 nitrogen and oxygen atoms in total. The lowest BCUT2D eigenvalue weighted by Gasteiger charge is -2.09. The van der Waals surface area contributed by atoms with E-state index in [1.54, 1.807) is 48.5 Å². The van der Waals surface area contributed by atoms with Gasteiger partial charge in [-0.25, -0.2) is 10.2 Å². The van der Waals surface area contributed by atoms with Crippen LogP contribution in [0.15, 0.2) is 70.2 Å². The first-order chi connectivity index (χ1) is 15.7. The molecule has 0 saturated carbocycles. The number of esters is 1. The lowest BCUT2D eigenvalue weighted by Crippen LogP contribution is -2.32. The van der Waals surface area contributed by atoms with Crippen molar-refractivity contribution in [3.8, 4) is 5.75 Å². The first-order valence-electron chi connectivity index (χ1n) is 9.41. The Labute approximate surface area is 207 Å². The van der Waals surface area contributed by atoms with Gasteiger partial charge in [0.1, 0.15) is 5.75 Å². The molecule has 0 bridgehead atoms. The second-order valence-electron chi connectivity index (χ2n) is 6.70. The van der Waals surface area contributed by atoms with E-state index >= 15 is 0 Å². The number of benzene rings is 3. The van der Waals surface area contributed by atoms with Gasteiger partial charge in [0.15, 0.2) is 0 Å². The van der Waals surface area contributed by atoms with Crippen LogP contribution in [0.1, 0.15) is 21.5 Å². The van der Waals surface area contributed by atoms with Crippen molar-refractivity contribution < 1.29 is 19.1 Å². The molecule has 0 fully saturated rings. The number of ether oxygens (including phenoxy) is 1. The Morgan fingerprint density at radius 2 is 1.76 bits per heavy atom. The van der Waals surface area contributed by atoms with Crippen LogP contribution in [0, 0.1) is 6.92 Å².